The number of piperazine rings is 1. The van der Waals surface area contributed by atoms with Crippen LogP contribution in [0.1, 0.15) is 27.6 Å². The Kier molecular flexibility index (Phi) is 6.48. The Balaban J connectivity index is 1.72. The molecule has 0 saturated carbocycles. The van der Waals surface area contributed by atoms with E-state index in [-0.39, 0.29) is 64.0 Å². The number of halogens is 4. The molecule has 1 saturated heterocycles. The van der Waals surface area contributed by atoms with Crippen molar-refractivity contribution in [2.45, 2.75) is 6.92 Å². The Morgan fingerprint density at radius 1 is 0.828 bits per heavy atom. The lowest BCUT2D eigenvalue weighted by Gasteiger charge is -2.34. The van der Waals surface area contributed by atoms with Gasteiger partial charge in [-0.15, -0.1) is 0 Å². The predicted molar refractivity (Wildman–Crippen MR) is 107 cm³/mol. The van der Waals surface area contributed by atoms with Gasteiger partial charge in [-0.1, -0.05) is 46.4 Å². The van der Waals surface area contributed by atoms with Crippen LogP contribution in [-0.2, 0) is 9.53 Å². The zero-order valence-electron chi connectivity index (χ0n) is 15.1. The molecule has 0 atom stereocenters. The molecule has 0 bridgehead atoms. The molecule has 2 aliphatic heterocycles. The standard InChI is InChI=1S/C17H15Cl4N3O5/c1-2-29-17(28)23-5-3-22(4-6-23)8(25)7-24-15(26)9-10(16(24)27)12(19)14(21)13(20)11(9)18/h2-7H2,1H3. The third-order valence-electron chi connectivity index (χ3n) is 4.64. The number of nitrogens with zero attached hydrogens (tertiary/aromatic N) is 3. The lowest BCUT2D eigenvalue weighted by Crippen LogP contribution is -2.53. The number of hydrogen-bond acceptors (Lipinski definition) is 5. The fraction of sp³-hybridized carbons (Fsp3) is 0.412. The van der Waals surface area contributed by atoms with E-state index in [1.807, 2.05) is 0 Å². The number of carbonyl (C=O) groups excluding carboxylic acids is 4. The first kappa shape index (κ1) is 22.0. The third kappa shape index (κ3) is 3.86. The van der Waals surface area contributed by atoms with Crippen LogP contribution < -0.4 is 0 Å². The summed E-state index contributed by atoms with van der Waals surface area (Å²) in [6.45, 7) is 2.55. The fourth-order valence-corrected chi connectivity index (χ4v) is 4.14. The molecule has 156 valence electrons. The van der Waals surface area contributed by atoms with Crippen molar-refractivity contribution in [3.8, 4) is 0 Å². The second kappa shape index (κ2) is 8.55. The van der Waals surface area contributed by atoms with E-state index in [0.29, 0.717) is 0 Å². The number of fused-ring (bicyclic) bond motifs is 1. The first-order valence-corrected chi connectivity index (χ1v) is 10.1. The summed E-state index contributed by atoms with van der Waals surface area (Å²) in [7, 11) is 0. The van der Waals surface area contributed by atoms with Gasteiger partial charge in [0.1, 0.15) is 6.54 Å². The Morgan fingerprint density at radius 2 is 1.28 bits per heavy atom. The number of rotatable bonds is 3. The van der Waals surface area contributed by atoms with Gasteiger partial charge in [-0.25, -0.2) is 4.79 Å². The normalized spacial score (nSPS) is 16.4. The summed E-state index contributed by atoms with van der Waals surface area (Å²) in [6.07, 6.45) is -0.446. The number of ether oxygens (including phenoxy) is 1. The van der Waals surface area contributed by atoms with Crippen LogP contribution >= 0.6 is 46.4 Å². The summed E-state index contributed by atoms with van der Waals surface area (Å²) in [4.78, 5) is 53.5. The SMILES string of the molecule is CCOC(=O)N1CCN(C(=O)CN2C(=O)c3c(Cl)c(Cl)c(Cl)c(Cl)c3C2=O)CC1. The van der Waals surface area contributed by atoms with Crippen LogP contribution in [0.15, 0.2) is 0 Å². The minimum atomic E-state index is -0.769. The highest BCUT2D eigenvalue weighted by molar-refractivity contribution is 6.55. The second-order valence-electron chi connectivity index (χ2n) is 6.27. The Morgan fingerprint density at radius 3 is 1.72 bits per heavy atom. The average Bonchev–Trinajstić information content (AvgIpc) is 2.95. The predicted octanol–water partition coefficient (Wildman–Crippen LogP) is 3.20. The van der Waals surface area contributed by atoms with Gasteiger partial charge in [-0.05, 0) is 6.92 Å². The fourth-order valence-electron chi connectivity index (χ4n) is 3.13. The molecule has 8 nitrogen and oxygen atoms in total. The minimum Gasteiger partial charge on any atom is -0.450 e. The molecule has 1 fully saturated rings. The highest BCUT2D eigenvalue weighted by atomic mass is 35.5. The van der Waals surface area contributed by atoms with Crippen LogP contribution in [-0.4, -0.2) is 77.8 Å². The highest BCUT2D eigenvalue weighted by Gasteiger charge is 2.43. The van der Waals surface area contributed by atoms with Crippen molar-refractivity contribution in [1.82, 2.24) is 14.7 Å². The summed E-state index contributed by atoms with van der Waals surface area (Å²) in [5.74, 6) is -1.99. The maximum atomic E-state index is 12.7. The van der Waals surface area contributed by atoms with E-state index < -0.39 is 30.4 Å². The smallest absolute Gasteiger partial charge is 0.409 e. The highest BCUT2D eigenvalue weighted by Crippen LogP contribution is 2.44. The van der Waals surface area contributed by atoms with Crippen LogP contribution in [0.3, 0.4) is 0 Å². The summed E-state index contributed by atoms with van der Waals surface area (Å²) in [5, 5.41) is -0.650. The quantitative estimate of drug-likeness (QED) is 0.375. The molecule has 4 amide bonds. The van der Waals surface area contributed by atoms with Crippen molar-refractivity contribution in [3.63, 3.8) is 0 Å². The number of benzene rings is 1. The van der Waals surface area contributed by atoms with Gasteiger partial charge < -0.3 is 14.5 Å². The average molecular weight is 483 g/mol. The Hall–Kier alpha value is -1.74. The lowest BCUT2D eigenvalue weighted by atomic mass is 10.1. The van der Waals surface area contributed by atoms with E-state index in [2.05, 4.69) is 0 Å². The van der Waals surface area contributed by atoms with Crippen molar-refractivity contribution >= 4 is 70.2 Å². The van der Waals surface area contributed by atoms with Crippen LogP contribution in [0.25, 0.3) is 0 Å². The molecule has 2 heterocycles. The minimum absolute atomic E-state index is 0.138. The molecule has 0 spiro atoms. The van der Waals surface area contributed by atoms with Gasteiger partial charge in [0.15, 0.2) is 0 Å². The van der Waals surface area contributed by atoms with Gasteiger partial charge >= 0.3 is 6.09 Å². The molecular formula is C17H15Cl4N3O5. The summed E-state index contributed by atoms with van der Waals surface area (Å²) >= 11 is 24.1. The third-order valence-corrected chi connectivity index (χ3v) is 6.44. The molecule has 29 heavy (non-hydrogen) atoms. The lowest BCUT2D eigenvalue weighted by molar-refractivity contribution is -0.133. The van der Waals surface area contributed by atoms with E-state index in [1.165, 1.54) is 9.80 Å². The van der Waals surface area contributed by atoms with Gasteiger partial charge in [0.2, 0.25) is 5.91 Å². The van der Waals surface area contributed by atoms with Crippen molar-refractivity contribution in [2.75, 3.05) is 39.3 Å². The van der Waals surface area contributed by atoms with Crippen LogP contribution in [0.2, 0.25) is 20.1 Å². The first-order valence-electron chi connectivity index (χ1n) is 8.60. The van der Waals surface area contributed by atoms with Crippen molar-refractivity contribution in [2.24, 2.45) is 0 Å². The number of amides is 4. The van der Waals surface area contributed by atoms with Crippen LogP contribution in [0.5, 0.6) is 0 Å². The van der Waals surface area contributed by atoms with E-state index in [1.54, 1.807) is 6.92 Å². The molecule has 0 radical (unpaired) electrons. The molecular weight excluding hydrogens is 468 g/mol. The molecule has 0 N–H and O–H groups in total. The summed E-state index contributed by atoms with van der Waals surface area (Å²) in [5.41, 5.74) is -0.341. The zero-order chi connectivity index (χ0) is 21.5. The number of carbonyl (C=O) groups is 4. The van der Waals surface area contributed by atoms with E-state index >= 15 is 0 Å². The molecule has 0 aromatic heterocycles. The van der Waals surface area contributed by atoms with E-state index in [0.717, 1.165) is 4.90 Å². The van der Waals surface area contributed by atoms with E-state index in [9.17, 15) is 19.2 Å². The van der Waals surface area contributed by atoms with Crippen LogP contribution in [0, 0.1) is 0 Å². The number of imide groups is 1. The largest absolute Gasteiger partial charge is 0.450 e. The topological polar surface area (TPSA) is 87.2 Å². The summed E-state index contributed by atoms with van der Waals surface area (Å²) < 4.78 is 4.93. The zero-order valence-corrected chi connectivity index (χ0v) is 18.2. The molecule has 2 aliphatic rings. The van der Waals surface area contributed by atoms with Crippen molar-refractivity contribution in [3.05, 3.63) is 31.2 Å². The van der Waals surface area contributed by atoms with E-state index in [4.69, 9.17) is 51.1 Å². The molecule has 0 unspecified atom stereocenters. The Labute approximate surface area is 186 Å². The summed E-state index contributed by atoms with van der Waals surface area (Å²) in [6, 6.07) is 0. The molecule has 12 heteroatoms. The first-order chi connectivity index (χ1) is 13.7. The van der Waals surface area contributed by atoms with Gasteiger partial charge in [0.05, 0.1) is 37.8 Å². The molecule has 1 aromatic rings. The van der Waals surface area contributed by atoms with Gasteiger partial charge in [-0.3, -0.25) is 19.3 Å². The van der Waals surface area contributed by atoms with Gasteiger partial charge in [0, 0.05) is 26.2 Å². The maximum absolute atomic E-state index is 12.7. The van der Waals surface area contributed by atoms with Crippen molar-refractivity contribution < 1.29 is 23.9 Å². The van der Waals surface area contributed by atoms with Crippen molar-refractivity contribution in [1.29, 1.82) is 0 Å². The van der Waals surface area contributed by atoms with Gasteiger partial charge in [-0.2, -0.15) is 0 Å². The monoisotopic (exact) mass is 481 g/mol. The molecule has 1 aromatic carbocycles. The Bertz CT molecular complexity index is 868. The van der Waals surface area contributed by atoms with Gasteiger partial charge in [0.25, 0.3) is 11.8 Å². The number of hydrogen-bond donors (Lipinski definition) is 0. The maximum Gasteiger partial charge on any atom is 0.409 e. The second-order valence-corrected chi connectivity index (χ2v) is 7.78. The molecule has 0 aliphatic carbocycles. The van der Waals surface area contributed by atoms with Crippen LogP contribution in [0.4, 0.5) is 4.79 Å². The molecule has 3 rings (SSSR count).